The van der Waals surface area contributed by atoms with Gasteiger partial charge in [-0.25, -0.2) is 18.6 Å². The number of hydrogen-bond acceptors (Lipinski definition) is 3. The van der Waals surface area contributed by atoms with Crippen molar-refractivity contribution in [2.45, 2.75) is 6.43 Å². The van der Waals surface area contributed by atoms with Gasteiger partial charge in [0.25, 0.3) is 6.43 Å². The maximum Gasteiger partial charge on any atom is 0.352 e. The molecule has 1 rings (SSSR count). The second-order valence-electron chi connectivity index (χ2n) is 2.12. The second kappa shape index (κ2) is 3.29. The summed E-state index contributed by atoms with van der Waals surface area (Å²) in [6, 6.07) is 0. The lowest BCUT2D eigenvalue weighted by Crippen LogP contribution is -2.33. The molecule has 0 aromatic carbocycles. The summed E-state index contributed by atoms with van der Waals surface area (Å²) in [6.07, 6.45) is -1.80. The number of aliphatic carboxylic acids is 1. The SMILES string of the molecule is O=C(O)C1=NC=C(C(F)F)NC1. The van der Waals surface area contributed by atoms with Crippen LogP contribution >= 0.6 is 0 Å². The van der Waals surface area contributed by atoms with E-state index in [0.29, 0.717) is 0 Å². The number of nitrogens with one attached hydrogen (secondary N) is 1. The molecule has 66 valence electrons. The lowest BCUT2D eigenvalue weighted by Gasteiger charge is -2.12. The molecule has 4 nitrogen and oxygen atoms in total. The molecule has 0 saturated heterocycles. The number of aliphatic imine (C=N–C) groups is 1. The molecule has 0 aromatic heterocycles. The van der Waals surface area contributed by atoms with E-state index in [4.69, 9.17) is 5.11 Å². The normalized spacial score (nSPS) is 16.6. The molecule has 1 aliphatic rings. The van der Waals surface area contributed by atoms with Gasteiger partial charge in [-0.2, -0.15) is 0 Å². The largest absolute Gasteiger partial charge is 0.477 e. The van der Waals surface area contributed by atoms with Gasteiger partial charge >= 0.3 is 5.97 Å². The van der Waals surface area contributed by atoms with Gasteiger partial charge in [-0.15, -0.1) is 0 Å². The van der Waals surface area contributed by atoms with E-state index in [1.54, 1.807) is 0 Å². The van der Waals surface area contributed by atoms with Crippen molar-refractivity contribution in [3.8, 4) is 0 Å². The van der Waals surface area contributed by atoms with Crippen LogP contribution in [0.3, 0.4) is 0 Å². The predicted octanol–water partition coefficient (Wildman–Crippen LogP) is 0.222. The summed E-state index contributed by atoms with van der Waals surface area (Å²) in [7, 11) is 0. The highest BCUT2D eigenvalue weighted by molar-refractivity contribution is 6.36. The first kappa shape index (κ1) is 8.63. The van der Waals surface area contributed by atoms with Crippen molar-refractivity contribution in [3.05, 3.63) is 11.9 Å². The minimum Gasteiger partial charge on any atom is -0.477 e. The third kappa shape index (κ3) is 1.77. The van der Waals surface area contributed by atoms with Crippen molar-refractivity contribution in [1.29, 1.82) is 0 Å². The first-order chi connectivity index (χ1) is 5.61. The van der Waals surface area contributed by atoms with E-state index < -0.39 is 12.4 Å². The number of hydrogen-bond donors (Lipinski definition) is 2. The third-order valence-electron chi connectivity index (χ3n) is 1.30. The minimum atomic E-state index is -2.64. The number of carboxylic acid groups (broad SMARTS) is 1. The Kier molecular flexibility index (Phi) is 2.37. The first-order valence-electron chi connectivity index (χ1n) is 3.13. The van der Waals surface area contributed by atoms with E-state index in [9.17, 15) is 13.6 Å². The van der Waals surface area contributed by atoms with Crippen LogP contribution < -0.4 is 5.32 Å². The minimum absolute atomic E-state index is 0.161. The maximum atomic E-state index is 11.9. The molecule has 1 aliphatic heterocycles. The molecule has 0 saturated carbocycles. The Bertz CT molecular complexity index is 260. The van der Waals surface area contributed by atoms with Gasteiger partial charge in [-0.05, 0) is 0 Å². The molecule has 0 atom stereocenters. The zero-order chi connectivity index (χ0) is 9.14. The van der Waals surface area contributed by atoms with Crippen LogP contribution in [0.15, 0.2) is 16.9 Å². The number of nitrogens with zero attached hydrogens (tertiary/aromatic N) is 1. The van der Waals surface area contributed by atoms with Crippen LogP contribution in [0.1, 0.15) is 0 Å². The van der Waals surface area contributed by atoms with E-state index in [0.717, 1.165) is 6.20 Å². The molecule has 0 unspecified atom stereocenters. The maximum absolute atomic E-state index is 11.9. The summed E-state index contributed by atoms with van der Waals surface area (Å²) in [4.78, 5) is 13.6. The highest BCUT2D eigenvalue weighted by Gasteiger charge is 2.17. The zero-order valence-corrected chi connectivity index (χ0v) is 5.92. The summed E-state index contributed by atoms with van der Waals surface area (Å²) in [5.74, 6) is -1.20. The van der Waals surface area contributed by atoms with Crippen LogP contribution in [-0.2, 0) is 4.79 Å². The van der Waals surface area contributed by atoms with Gasteiger partial charge in [0, 0.05) is 0 Å². The molecule has 0 aliphatic carbocycles. The number of allylic oxidation sites excluding steroid dienone is 1. The van der Waals surface area contributed by atoms with Crippen molar-refractivity contribution in [2.24, 2.45) is 4.99 Å². The Labute approximate surface area is 66.6 Å². The van der Waals surface area contributed by atoms with Crippen LogP contribution in [0.2, 0.25) is 0 Å². The van der Waals surface area contributed by atoms with E-state index in [2.05, 4.69) is 10.3 Å². The molecule has 12 heavy (non-hydrogen) atoms. The van der Waals surface area contributed by atoms with Crippen LogP contribution in [0.4, 0.5) is 8.78 Å². The number of rotatable bonds is 2. The Hall–Kier alpha value is -1.46. The summed E-state index contributed by atoms with van der Waals surface area (Å²) in [5, 5.41) is 10.6. The third-order valence-corrected chi connectivity index (χ3v) is 1.30. The summed E-state index contributed by atoms with van der Waals surface area (Å²) in [5.41, 5.74) is -0.514. The molecule has 1 heterocycles. The summed E-state index contributed by atoms with van der Waals surface area (Å²) >= 11 is 0. The van der Waals surface area contributed by atoms with Crippen molar-refractivity contribution < 1.29 is 18.7 Å². The monoisotopic (exact) mass is 176 g/mol. The molecular formula is C6H6F2N2O2. The fourth-order valence-electron chi connectivity index (χ4n) is 0.689. The quantitative estimate of drug-likeness (QED) is 0.632. The lowest BCUT2D eigenvalue weighted by molar-refractivity contribution is -0.129. The predicted molar refractivity (Wildman–Crippen MR) is 37.2 cm³/mol. The van der Waals surface area contributed by atoms with Gasteiger partial charge in [-0.3, -0.25) is 0 Å². The Morgan fingerprint density at radius 3 is 2.75 bits per heavy atom. The fraction of sp³-hybridized carbons (Fsp3) is 0.333. The highest BCUT2D eigenvalue weighted by atomic mass is 19.3. The van der Waals surface area contributed by atoms with Gasteiger partial charge in [0.15, 0.2) is 0 Å². The summed E-state index contributed by atoms with van der Waals surface area (Å²) in [6.45, 7) is -0.161. The summed E-state index contributed by atoms with van der Waals surface area (Å²) < 4.78 is 23.8. The second-order valence-corrected chi connectivity index (χ2v) is 2.12. The van der Waals surface area contributed by atoms with Gasteiger partial charge in [0.2, 0.25) is 0 Å². The lowest BCUT2D eigenvalue weighted by atomic mass is 10.3. The van der Waals surface area contributed by atoms with Gasteiger partial charge in [-0.1, -0.05) is 0 Å². The topological polar surface area (TPSA) is 61.7 Å². The number of alkyl halides is 2. The number of carbonyl (C=O) groups is 1. The van der Waals surface area contributed by atoms with Crippen molar-refractivity contribution in [1.82, 2.24) is 5.32 Å². The molecule has 0 amide bonds. The molecular weight excluding hydrogens is 170 g/mol. The average Bonchev–Trinajstić information content (AvgIpc) is 2.04. The van der Waals surface area contributed by atoms with Crippen molar-refractivity contribution in [2.75, 3.05) is 6.54 Å². The molecule has 0 fully saturated rings. The van der Waals surface area contributed by atoms with Gasteiger partial charge in [0.1, 0.15) is 5.71 Å². The smallest absolute Gasteiger partial charge is 0.352 e. The molecule has 0 radical (unpaired) electrons. The Balaban J connectivity index is 2.73. The first-order valence-corrected chi connectivity index (χ1v) is 3.13. The zero-order valence-electron chi connectivity index (χ0n) is 5.92. The molecule has 2 N–H and O–H groups in total. The highest BCUT2D eigenvalue weighted by Crippen LogP contribution is 2.07. The molecule has 0 bridgehead atoms. The van der Waals surface area contributed by atoms with Crippen molar-refractivity contribution >= 4 is 11.7 Å². The van der Waals surface area contributed by atoms with Crippen molar-refractivity contribution in [3.63, 3.8) is 0 Å². The van der Waals surface area contributed by atoms with Crippen LogP contribution in [0, 0.1) is 0 Å². The Morgan fingerprint density at radius 1 is 1.75 bits per heavy atom. The van der Waals surface area contributed by atoms with E-state index in [1.165, 1.54) is 0 Å². The van der Waals surface area contributed by atoms with Crippen LogP contribution in [-0.4, -0.2) is 29.8 Å². The molecule has 0 spiro atoms. The molecule has 6 heteroatoms. The number of carboxylic acids is 1. The fourth-order valence-corrected chi connectivity index (χ4v) is 0.689. The van der Waals surface area contributed by atoms with E-state index >= 15 is 0 Å². The van der Waals surface area contributed by atoms with E-state index in [-0.39, 0.29) is 18.0 Å². The van der Waals surface area contributed by atoms with Crippen LogP contribution in [0.25, 0.3) is 0 Å². The van der Waals surface area contributed by atoms with Gasteiger partial charge in [0.05, 0.1) is 18.4 Å². The number of halogens is 2. The van der Waals surface area contributed by atoms with Gasteiger partial charge < -0.3 is 10.4 Å². The van der Waals surface area contributed by atoms with Crippen LogP contribution in [0.5, 0.6) is 0 Å². The Morgan fingerprint density at radius 2 is 2.42 bits per heavy atom. The van der Waals surface area contributed by atoms with E-state index in [1.807, 2.05) is 0 Å². The average molecular weight is 176 g/mol. The molecule has 0 aromatic rings. The standard InChI is InChI=1S/C6H6F2N2O2/c7-5(8)3-1-10-4(2-9-3)6(11)12/h1,5,9H,2H2,(H,11,12).